The van der Waals surface area contributed by atoms with Crippen LogP contribution in [0.1, 0.15) is 30.0 Å². The smallest absolute Gasteiger partial charge is 0.310 e. The molecular formula is C11H9F2IN2O2. The number of nitrogens with zero attached hydrogens (tertiary/aromatic N) is 2. The second-order valence-electron chi connectivity index (χ2n) is 3.26. The zero-order valence-corrected chi connectivity index (χ0v) is 11.6. The van der Waals surface area contributed by atoms with Crippen LogP contribution in [0.5, 0.6) is 0 Å². The van der Waals surface area contributed by atoms with Gasteiger partial charge in [0.1, 0.15) is 9.77 Å². The van der Waals surface area contributed by atoms with Gasteiger partial charge >= 0.3 is 5.97 Å². The third kappa shape index (κ3) is 3.35. The van der Waals surface area contributed by atoms with Crippen LogP contribution < -0.4 is 0 Å². The Morgan fingerprint density at radius 2 is 2.33 bits per heavy atom. The molecule has 96 valence electrons. The molecule has 0 fully saturated rings. The van der Waals surface area contributed by atoms with E-state index in [1.807, 2.05) is 0 Å². The molecule has 0 N–H and O–H groups in total. The van der Waals surface area contributed by atoms with Crippen molar-refractivity contribution in [3.63, 3.8) is 0 Å². The molecule has 0 aliphatic rings. The highest BCUT2D eigenvalue weighted by Gasteiger charge is 2.22. The molecule has 0 atom stereocenters. The summed E-state index contributed by atoms with van der Waals surface area (Å²) in [6.45, 7) is 1.80. The molecule has 18 heavy (non-hydrogen) atoms. The molecule has 0 unspecified atom stereocenters. The van der Waals surface area contributed by atoms with Crippen molar-refractivity contribution in [2.24, 2.45) is 0 Å². The van der Waals surface area contributed by atoms with E-state index in [4.69, 9.17) is 5.26 Å². The normalized spacial score (nSPS) is 10.2. The Balaban J connectivity index is 3.20. The summed E-state index contributed by atoms with van der Waals surface area (Å²) in [5.41, 5.74) is -0.599. The van der Waals surface area contributed by atoms with E-state index in [1.165, 1.54) is 6.20 Å². The minimum absolute atomic E-state index is 0.0282. The summed E-state index contributed by atoms with van der Waals surface area (Å²) in [7, 11) is 0. The van der Waals surface area contributed by atoms with E-state index in [0.717, 1.165) is 0 Å². The maximum Gasteiger partial charge on any atom is 0.310 e. The maximum absolute atomic E-state index is 13.0. The first-order chi connectivity index (χ1) is 8.51. The summed E-state index contributed by atoms with van der Waals surface area (Å²) in [5.74, 6) is -0.619. The fourth-order valence-electron chi connectivity index (χ4n) is 1.40. The Kier molecular flexibility index (Phi) is 5.40. The van der Waals surface area contributed by atoms with E-state index < -0.39 is 18.0 Å². The van der Waals surface area contributed by atoms with E-state index >= 15 is 0 Å². The third-order valence-corrected chi connectivity index (χ3v) is 2.94. The van der Waals surface area contributed by atoms with Crippen molar-refractivity contribution in [2.75, 3.05) is 6.61 Å². The molecule has 0 saturated heterocycles. The van der Waals surface area contributed by atoms with Gasteiger partial charge in [-0.05, 0) is 35.1 Å². The van der Waals surface area contributed by atoms with Crippen LogP contribution in [0.2, 0.25) is 0 Å². The number of ether oxygens (including phenoxy) is 1. The molecule has 1 aromatic rings. The highest BCUT2D eigenvalue weighted by Crippen LogP contribution is 2.28. The third-order valence-electron chi connectivity index (χ3n) is 2.13. The van der Waals surface area contributed by atoms with E-state index in [0.29, 0.717) is 0 Å². The number of aromatic nitrogens is 1. The van der Waals surface area contributed by atoms with Crippen molar-refractivity contribution in [1.29, 1.82) is 5.26 Å². The average Bonchev–Trinajstić information content (AvgIpc) is 2.30. The monoisotopic (exact) mass is 366 g/mol. The number of pyridine rings is 1. The standard InChI is InChI=1S/C11H9F2IN2O2/c1-2-18-8(17)3-6-5-16-11(14)7(4-15)9(6)10(12)13/h5,10H,2-3H2,1H3. The lowest BCUT2D eigenvalue weighted by atomic mass is 10.0. The molecule has 0 spiro atoms. The van der Waals surface area contributed by atoms with Gasteiger partial charge in [0.25, 0.3) is 6.43 Å². The first-order valence-corrected chi connectivity index (χ1v) is 6.10. The van der Waals surface area contributed by atoms with Gasteiger partial charge in [-0.3, -0.25) is 4.79 Å². The van der Waals surface area contributed by atoms with Crippen molar-refractivity contribution in [3.05, 3.63) is 26.6 Å². The molecule has 0 aromatic carbocycles. The quantitative estimate of drug-likeness (QED) is 0.467. The van der Waals surface area contributed by atoms with Gasteiger partial charge in [-0.1, -0.05) is 0 Å². The minimum Gasteiger partial charge on any atom is -0.466 e. The fourth-order valence-corrected chi connectivity index (χ4v) is 1.95. The lowest BCUT2D eigenvalue weighted by Crippen LogP contribution is -2.12. The molecule has 0 saturated carbocycles. The molecule has 1 heterocycles. The number of esters is 1. The van der Waals surface area contributed by atoms with Crippen LogP contribution in [0.15, 0.2) is 6.20 Å². The Morgan fingerprint density at radius 1 is 1.67 bits per heavy atom. The number of alkyl halides is 2. The zero-order chi connectivity index (χ0) is 13.7. The number of halogens is 3. The van der Waals surface area contributed by atoms with Crippen molar-refractivity contribution in [2.45, 2.75) is 19.8 Å². The highest BCUT2D eigenvalue weighted by atomic mass is 127. The molecule has 0 aliphatic carbocycles. The van der Waals surface area contributed by atoms with Crippen molar-refractivity contribution in [1.82, 2.24) is 4.98 Å². The maximum atomic E-state index is 13.0. The van der Waals surface area contributed by atoms with Gasteiger partial charge in [0.2, 0.25) is 0 Å². The number of nitriles is 1. The van der Waals surface area contributed by atoms with E-state index in [-0.39, 0.29) is 27.9 Å². The van der Waals surface area contributed by atoms with Gasteiger partial charge in [-0.25, -0.2) is 13.8 Å². The molecule has 0 amide bonds. The minimum atomic E-state index is -2.83. The number of carbonyl (C=O) groups is 1. The Labute approximate surface area is 116 Å². The molecular weight excluding hydrogens is 357 g/mol. The predicted octanol–water partition coefficient (Wildman–Crippen LogP) is 2.60. The summed E-state index contributed by atoms with van der Waals surface area (Å²) < 4.78 is 30.8. The van der Waals surface area contributed by atoms with E-state index in [1.54, 1.807) is 35.6 Å². The number of hydrogen-bond acceptors (Lipinski definition) is 4. The lowest BCUT2D eigenvalue weighted by Gasteiger charge is -2.10. The Morgan fingerprint density at radius 3 is 2.83 bits per heavy atom. The molecule has 0 bridgehead atoms. The molecule has 0 aliphatic heterocycles. The number of rotatable bonds is 4. The van der Waals surface area contributed by atoms with Crippen molar-refractivity contribution in [3.8, 4) is 6.07 Å². The summed E-state index contributed by atoms with van der Waals surface area (Å²) >= 11 is 1.70. The fraction of sp³-hybridized carbons (Fsp3) is 0.364. The summed E-state index contributed by atoms with van der Waals surface area (Å²) in [4.78, 5) is 15.1. The van der Waals surface area contributed by atoms with Crippen molar-refractivity contribution >= 4 is 28.6 Å². The molecule has 1 aromatic heterocycles. The summed E-state index contributed by atoms with van der Waals surface area (Å²) in [6.07, 6.45) is -1.96. The van der Waals surface area contributed by atoms with Crippen LogP contribution in [-0.2, 0) is 16.0 Å². The first-order valence-electron chi connectivity index (χ1n) is 5.02. The molecule has 1 rings (SSSR count). The largest absolute Gasteiger partial charge is 0.466 e. The SMILES string of the molecule is CCOC(=O)Cc1cnc(I)c(C#N)c1C(F)F. The first kappa shape index (κ1) is 14.8. The van der Waals surface area contributed by atoms with Gasteiger partial charge in [-0.15, -0.1) is 0 Å². The van der Waals surface area contributed by atoms with Crippen LogP contribution in [0.25, 0.3) is 0 Å². The van der Waals surface area contributed by atoms with Crippen LogP contribution in [0.4, 0.5) is 8.78 Å². The predicted molar refractivity (Wildman–Crippen MR) is 67.0 cm³/mol. The van der Waals surface area contributed by atoms with Crippen LogP contribution in [0, 0.1) is 15.0 Å². The Bertz CT molecular complexity index is 501. The van der Waals surface area contributed by atoms with E-state index in [9.17, 15) is 13.6 Å². The van der Waals surface area contributed by atoms with Crippen LogP contribution >= 0.6 is 22.6 Å². The highest BCUT2D eigenvalue weighted by molar-refractivity contribution is 14.1. The van der Waals surface area contributed by atoms with Gasteiger partial charge in [0.05, 0.1) is 18.6 Å². The van der Waals surface area contributed by atoms with E-state index in [2.05, 4.69) is 9.72 Å². The lowest BCUT2D eigenvalue weighted by molar-refractivity contribution is -0.142. The molecule has 4 nitrogen and oxygen atoms in total. The van der Waals surface area contributed by atoms with Crippen molar-refractivity contribution < 1.29 is 18.3 Å². The zero-order valence-electron chi connectivity index (χ0n) is 9.41. The topological polar surface area (TPSA) is 63.0 Å². The average molecular weight is 366 g/mol. The Hall–Kier alpha value is -1.30. The summed E-state index contributed by atoms with van der Waals surface area (Å²) in [6, 6.07) is 1.69. The van der Waals surface area contributed by atoms with Gasteiger partial charge in [-0.2, -0.15) is 5.26 Å². The summed E-state index contributed by atoms with van der Waals surface area (Å²) in [5, 5.41) is 8.87. The molecule has 7 heteroatoms. The van der Waals surface area contributed by atoms with Crippen LogP contribution in [0.3, 0.4) is 0 Å². The number of hydrogen-bond donors (Lipinski definition) is 0. The molecule has 0 radical (unpaired) electrons. The van der Waals surface area contributed by atoms with Crippen LogP contribution in [-0.4, -0.2) is 17.6 Å². The van der Waals surface area contributed by atoms with Gasteiger partial charge in [0, 0.05) is 11.8 Å². The second-order valence-corrected chi connectivity index (χ2v) is 4.28. The van der Waals surface area contributed by atoms with Gasteiger partial charge < -0.3 is 4.74 Å². The second kappa shape index (κ2) is 6.58. The van der Waals surface area contributed by atoms with Gasteiger partial charge in [0.15, 0.2) is 0 Å². The number of carbonyl (C=O) groups excluding carboxylic acids is 1.